The van der Waals surface area contributed by atoms with E-state index >= 15 is 0 Å². The van der Waals surface area contributed by atoms with Gasteiger partial charge in [0, 0.05) is 25.3 Å². The number of rotatable bonds is 10. The highest BCUT2D eigenvalue weighted by Crippen LogP contribution is 2.20. The van der Waals surface area contributed by atoms with Crippen molar-refractivity contribution in [2.24, 2.45) is 16.5 Å². The molecular formula is C25H33N5O2. The van der Waals surface area contributed by atoms with Gasteiger partial charge in [-0.3, -0.25) is 9.69 Å². The van der Waals surface area contributed by atoms with Crippen LogP contribution in [0.5, 0.6) is 0 Å². The fourth-order valence-corrected chi connectivity index (χ4v) is 3.84. The third-order valence-electron chi connectivity index (χ3n) is 5.41. The Kier molecular flexibility index (Phi) is 9.28. The molecule has 2 aromatic carbocycles. The molecule has 5 N–H and O–H groups in total. The molecule has 3 rings (SSSR count). The summed E-state index contributed by atoms with van der Waals surface area (Å²) in [5, 5.41) is 2.88. The lowest BCUT2D eigenvalue weighted by Crippen LogP contribution is -2.51. The molecule has 7 heteroatoms. The van der Waals surface area contributed by atoms with Gasteiger partial charge < -0.3 is 21.5 Å². The Bertz CT molecular complexity index is 914. The smallest absolute Gasteiger partial charge is 0.237 e. The van der Waals surface area contributed by atoms with E-state index in [1.54, 1.807) is 6.20 Å². The second-order valence-electron chi connectivity index (χ2n) is 7.90. The first kappa shape index (κ1) is 23.5. The molecular weight excluding hydrogens is 402 g/mol. The number of carbonyl (C=O) groups excluding carboxylic acids is 1. The Labute approximate surface area is 190 Å². The number of nitrogens with two attached hydrogens (primary N) is 2. The van der Waals surface area contributed by atoms with Crippen LogP contribution in [0.25, 0.3) is 11.1 Å². The van der Waals surface area contributed by atoms with Crippen molar-refractivity contribution in [1.29, 1.82) is 0 Å². The molecule has 1 atom stereocenters. The van der Waals surface area contributed by atoms with E-state index in [0.29, 0.717) is 31.9 Å². The Morgan fingerprint density at radius 2 is 1.97 bits per heavy atom. The van der Waals surface area contributed by atoms with Gasteiger partial charge in [-0.25, -0.2) is 4.99 Å². The average Bonchev–Trinajstić information content (AvgIpc) is 2.83. The maximum absolute atomic E-state index is 12.4. The summed E-state index contributed by atoms with van der Waals surface area (Å²) < 4.78 is 5.57. The van der Waals surface area contributed by atoms with Crippen LogP contribution < -0.4 is 16.8 Å². The van der Waals surface area contributed by atoms with Gasteiger partial charge in [-0.15, -0.1) is 0 Å². The molecule has 2 aromatic rings. The summed E-state index contributed by atoms with van der Waals surface area (Å²) in [6.07, 6.45) is 5.92. The van der Waals surface area contributed by atoms with Crippen molar-refractivity contribution < 1.29 is 9.53 Å². The van der Waals surface area contributed by atoms with Crippen LogP contribution in [0.15, 0.2) is 71.5 Å². The Balaban J connectivity index is 1.48. The molecule has 0 aromatic heterocycles. The molecule has 32 heavy (non-hydrogen) atoms. The van der Waals surface area contributed by atoms with E-state index < -0.39 is 0 Å². The number of aliphatic imine (C=N–C) groups is 1. The van der Waals surface area contributed by atoms with Crippen molar-refractivity contribution in [2.45, 2.75) is 31.9 Å². The van der Waals surface area contributed by atoms with Gasteiger partial charge in [-0.2, -0.15) is 0 Å². The molecule has 1 aliphatic heterocycles. The maximum Gasteiger partial charge on any atom is 0.237 e. The van der Waals surface area contributed by atoms with Gasteiger partial charge in [0.1, 0.15) is 6.61 Å². The summed E-state index contributed by atoms with van der Waals surface area (Å²) in [4.78, 5) is 18.7. The number of hydrogen-bond acceptors (Lipinski definition) is 6. The summed E-state index contributed by atoms with van der Waals surface area (Å²) >= 11 is 0. The van der Waals surface area contributed by atoms with Crippen molar-refractivity contribution in [1.82, 2.24) is 10.2 Å². The maximum atomic E-state index is 12.4. The SMILES string of the molecule is NCCNC(=O)C1CCCCN1C/C(N)=C/N=COCc1cccc(-c2ccccc2)c1. The lowest BCUT2D eigenvalue weighted by molar-refractivity contribution is -0.127. The van der Waals surface area contributed by atoms with Crippen molar-refractivity contribution in [3.05, 3.63) is 72.1 Å². The van der Waals surface area contributed by atoms with E-state index in [0.717, 1.165) is 36.9 Å². The third kappa shape index (κ3) is 7.21. The third-order valence-corrected chi connectivity index (χ3v) is 5.41. The standard InChI is InChI=1S/C25H33N5O2/c26-12-13-29-25(31)24-11-4-5-14-30(24)17-23(27)16-28-19-32-18-20-7-6-10-22(15-20)21-8-2-1-3-9-21/h1-3,6-10,15-16,19,24H,4-5,11-14,17-18,26-27H2,(H,29,31)/b23-16-,28-19?. The van der Waals surface area contributed by atoms with E-state index in [1.807, 2.05) is 30.3 Å². The fourth-order valence-electron chi connectivity index (χ4n) is 3.84. The van der Waals surface area contributed by atoms with Gasteiger partial charge >= 0.3 is 0 Å². The normalized spacial score (nSPS) is 17.4. The number of nitrogens with zero attached hydrogens (tertiary/aromatic N) is 2. The number of hydrogen-bond donors (Lipinski definition) is 3. The van der Waals surface area contributed by atoms with Gasteiger partial charge in [0.2, 0.25) is 5.91 Å². The van der Waals surface area contributed by atoms with Crippen LogP contribution in [0.4, 0.5) is 0 Å². The van der Waals surface area contributed by atoms with E-state index in [9.17, 15) is 4.79 Å². The molecule has 1 amide bonds. The number of nitrogens with one attached hydrogen (secondary N) is 1. The van der Waals surface area contributed by atoms with Crippen LogP contribution in [-0.4, -0.2) is 49.4 Å². The van der Waals surface area contributed by atoms with Gasteiger partial charge in [0.05, 0.1) is 12.2 Å². The molecule has 0 spiro atoms. The predicted molar refractivity (Wildman–Crippen MR) is 129 cm³/mol. The number of amides is 1. The minimum absolute atomic E-state index is 0.0208. The number of carbonyl (C=O) groups is 1. The van der Waals surface area contributed by atoms with E-state index in [2.05, 4.69) is 39.5 Å². The van der Waals surface area contributed by atoms with Gasteiger partial charge in [0.15, 0.2) is 6.40 Å². The van der Waals surface area contributed by atoms with Crippen molar-refractivity contribution >= 4 is 12.3 Å². The van der Waals surface area contributed by atoms with Crippen LogP contribution in [0.2, 0.25) is 0 Å². The van der Waals surface area contributed by atoms with Crippen LogP contribution in [-0.2, 0) is 16.1 Å². The zero-order valence-corrected chi connectivity index (χ0v) is 18.5. The van der Waals surface area contributed by atoms with Crippen LogP contribution in [0.1, 0.15) is 24.8 Å². The molecule has 0 radical (unpaired) electrons. The minimum atomic E-state index is -0.167. The van der Waals surface area contributed by atoms with Crippen molar-refractivity contribution in [2.75, 3.05) is 26.2 Å². The molecule has 1 fully saturated rings. The molecule has 0 saturated carbocycles. The minimum Gasteiger partial charge on any atom is -0.478 e. The molecule has 1 aliphatic rings. The topological polar surface area (TPSA) is 106 Å². The second-order valence-corrected chi connectivity index (χ2v) is 7.90. The molecule has 7 nitrogen and oxygen atoms in total. The Morgan fingerprint density at radius 1 is 1.16 bits per heavy atom. The average molecular weight is 436 g/mol. The van der Waals surface area contributed by atoms with Gasteiger partial charge in [-0.05, 0) is 42.1 Å². The number of likely N-dealkylation sites (tertiary alicyclic amines) is 1. The summed E-state index contributed by atoms with van der Waals surface area (Å²) in [6, 6.07) is 18.3. The molecule has 1 saturated heterocycles. The first-order chi connectivity index (χ1) is 15.7. The fraction of sp³-hybridized carbons (Fsp3) is 0.360. The predicted octanol–water partition coefficient (Wildman–Crippen LogP) is 2.63. The van der Waals surface area contributed by atoms with Crippen LogP contribution >= 0.6 is 0 Å². The lowest BCUT2D eigenvalue weighted by Gasteiger charge is -2.34. The highest BCUT2D eigenvalue weighted by molar-refractivity contribution is 5.81. The lowest BCUT2D eigenvalue weighted by atomic mass is 10.0. The monoisotopic (exact) mass is 435 g/mol. The Hall–Kier alpha value is -3.16. The first-order valence-electron chi connectivity index (χ1n) is 11.1. The van der Waals surface area contributed by atoms with E-state index in [1.165, 1.54) is 12.0 Å². The highest BCUT2D eigenvalue weighted by atomic mass is 16.5. The molecule has 0 aliphatic carbocycles. The molecule has 1 unspecified atom stereocenters. The quantitative estimate of drug-likeness (QED) is 0.393. The summed E-state index contributed by atoms with van der Waals surface area (Å²) in [5.74, 6) is 0.0208. The summed E-state index contributed by atoms with van der Waals surface area (Å²) in [6.45, 7) is 2.69. The van der Waals surface area contributed by atoms with Crippen LogP contribution in [0, 0.1) is 0 Å². The number of ether oxygens (including phenoxy) is 1. The highest BCUT2D eigenvalue weighted by Gasteiger charge is 2.28. The molecule has 170 valence electrons. The second kappa shape index (κ2) is 12.6. The van der Waals surface area contributed by atoms with Crippen LogP contribution in [0.3, 0.4) is 0 Å². The van der Waals surface area contributed by atoms with E-state index in [4.69, 9.17) is 16.2 Å². The molecule has 0 bridgehead atoms. The summed E-state index contributed by atoms with van der Waals surface area (Å²) in [7, 11) is 0. The Morgan fingerprint density at radius 3 is 2.78 bits per heavy atom. The first-order valence-corrected chi connectivity index (χ1v) is 11.1. The van der Waals surface area contributed by atoms with Crippen molar-refractivity contribution in [3.8, 4) is 11.1 Å². The largest absolute Gasteiger partial charge is 0.478 e. The zero-order valence-electron chi connectivity index (χ0n) is 18.5. The van der Waals surface area contributed by atoms with Crippen molar-refractivity contribution in [3.63, 3.8) is 0 Å². The zero-order chi connectivity index (χ0) is 22.6. The van der Waals surface area contributed by atoms with Gasteiger partial charge in [-0.1, -0.05) is 55.0 Å². The van der Waals surface area contributed by atoms with Gasteiger partial charge in [0.25, 0.3) is 0 Å². The summed E-state index contributed by atoms with van der Waals surface area (Å²) in [5.41, 5.74) is 15.6. The molecule has 1 heterocycles. The van der Waals surface area contributed by atoms with E-state index in [-0.39, 0.29) is 11.9 Å². The number of benzene rings is 2. The number of piperidine rings is 1.